The van der Waals surface area contributed by atoms with Crippen molar-refractivity contribution < 1.29 is 9.53 Å². The molecule has 0 saturated heterocycles. The Hall–Kier alpha value is -1.13. The van der Waals surface area contributed by atoms with Crippen molar-refractivity contribution >= 4 is 28.5 Å². The van der Waals surface area contributed by atoms with Gasteiger partial charge < -0.3 is 4.74 Å². The van der Waals surface area contributed by atoms with Crippen LogP contribution in [0.15, 0.2) is 23.6 Å². The zero-order chi connectivity index (χ0) is 11.5. The van der Waals surface area contributed by atoms with E-state index in [1.54, 1.807) is 24.5 Å². The number of methoxy groups -OCH3 is 1. The monoisotopic (exact) mass is 252 g/mol. The number of rotatable bonds is 4. The van der Waals surface area contributed by atoms with Crippen LogP contribution in [0.4, 0.5) is 0 Å². The molecule has 0 atom stereocenters. The molecule has 0 radical (unpaired) electrons. The van der Waals surface area contributed by atoms with Gasteiger partial charge >= 0.3 is 0 Å². The number of hydrogen-bond acceptors (Lipinski definition) is 4. The van der Waals surface area contributed by atoms with Gasteiger partial charge in [0.1, 0.15) is 5.75 Å². The van der Waals surface area contributed by atoms with Gasteiger partial charge in [0.2, 0.25) is 5.78 Å². The first-order valence-corrected chi connectivity index (χ1v) is 6.70. The van der Waals surface area contributed by atoms with Gasteiger partial charge in [-0.1, -0.05) is 6.92 Å². The number of ketones is 1. The second-order valence-corrected chi connectivity index (χ2v) is 5.38. The molecule has 0 aliphatic rings. The average molecular weight is 252 g/mol. The SMILES string of the molecule is CCc1ccc(C(=O)c2cc(OC)cs2)s1. The second kappa shape index (κ2) is 4.80. The highest BCUT2D eigenvalue weighted by atomic mass is 32.1. The van der Waals surface area contributed by atoms with E-state index >= 15 is 0 Å². The number of carbonyl (C=O) groups is 1. The molecule has 2 heterocycles. The molecule has 0 unspecified atom stereocenters. The van der Waals surface area contributed by atoms with Crippen LogP contribution in [0.25, 0.3) is 0 Å². The van der Waals surface area contributed by atoms with Gasteiger partial charge in [-0.2, -0.15) is 0 Å². The highest BCUT2D eigenvalue weighted by Gasteiger charge is 2.14. The van der Waals surface area contributed by atoms with Crippen molar-refractivity contribution in [2.24, 2.45) is 0 Å². The molecule has 0 aliphatic heterocycles. The standard InChI is InChI=1S/C12H12O2S2/c1-3-9-4-5-10(16-9)12(13)11-6-8(14-2)7-15-11/h4-7H,3H2,1-2H3. The lowest BCUT2D eigenvalue weighted by Gasteiger charge is -1.92. The summed E-state index contributed by atoms with van der Waals surface area (Å²) < 4.78 is 5.07. The number of hydrogen-bond donors (Lipinski definition) is 0. The van der Waals surface area contributed by atoms with Gasteiger partial charge in [0.25, 0.3) is 0 Å². The molecule has 2 aromatic heterocycles. The zero-order valence-corrected chi connectivity index (χ0v) is 10.8. The minimum absolute atomic E-state index is 0.0954. The van der Waals surface area contributed by atoms with Gasteiger partial charge in [-0.15, -0.1) is 22.7 Å². The Balaban J connectivity index is 2.24. The summed E-state index contributed by atoms with van der Waals surface area (Å²) in [6.45, 7) is 2.09. The molecule has 0 N–H and O–H groups in total. The maximum atomic E-state index is 12.1. The van der Waals surface area contributed by atoms with Crippen LogP contribution in [0, 0.1) is 0 Å². The lowest BCUT2D eigenvalue weighted by atomic mass is 10.2. The Morgan fingerprint density at radius 1 is 1.38 bits per heavy atom. The molecule has 4 heteroatoms. The Kier molecular flexibility index (Phi) is 3.41. The summed E-state index contributed by atoms with van der Waals surface area (Å²) >= 11 is 3.00. The van der Waals surface area contributed by atoms with Crippen molar-refractivity contribution in [1.29, 1.82) is 0 Å². The smallest absolute Gasteiger partial charge is 0.213 e. The molecule has 16 heavy (non-hydrogen) atoms. The molecule has 0 bridgehead atoms. The highest BCUT2D eigenvalue weighted by molar-refractivity contribution is 7.16. The van der Waals surface area contributed by atoms with Gasteiger partial charge in [0, 0.05) is 16.3 Å². The lowest BCUT2D eigenvalue weighted by Crippen LogP contribution is -1.94. The minimum Gasteiger partial charge on any atom is -0.496 e. The van der Waals surface area contributed by atoms with Crippen LogP contribution >= 0.6 is 22.7 Å². The molecular formula is C12H12O2S2. The van der Waals surface area contributed by atoms with Crippen LogP contribution in [0.5, 0.6) is 5.75 Å². The molecule has 2 rings (SSSR count). The quantitative estimate of drug-likeness (QED) is 0.777. The average Bonchev–Trinajstić information content (AvgIpc) is 2.97. The van der Waals surface area contributed by atoms with Gasteiger partial charge in [-0.05, 0) is 18.6 Å². The molecule has 0 fully saturated rings. The third kappa shape index (κ3) is 2.18. The van der Waals surface area contributed by atoms with Crippen LogP contribution < -0.4 is 4.74 Å². The molecule has 0 saturated carbocycles. The summed E-state index contributed by atoms with van der Waals surface area (Å²) in [5, 5.41) is 1.85. The van der Waals surface area contributed by atoms with Gasteiger partial charge in [0.05, 0.1) is 16.9 Å². The number of ether oxygens (including phenoxy) is 1. The first-order chi connectivity index (χ1) is 7.74. The summed E-state index contributed by atoms with van der Waals surface area (Å²) in [6.07, 6.45) is 0.978. The Bertz CT molecular complexity index is 452. The fourth-order valence-corrected chi connectivity index (χ4v) is 3.13. The van der Waals surface area contributed by atoms with Crippen LogP contribution in [0.1, 0.15) is 26.3 Å². The molecule has 84 valence electrons. The van der Waals surface area contributed by atoms with Crippen molar-refractivity contribution in [3.8, 4) is 5.75 Å². The molecule has 0 aromatic carbocycles. The lowest BCUT2D eigenvalue weighted by molar-refractivity contribution is 0.104. The van der Waals surface area contributed by atoms with Crippen LogP contribution in [0.3, 0.4) is 0 Å². The van der Waals surface area contributed by atoms with E-state index in [0.717, 1.165) is 21.9 Å². The summed E-state index contributed by atoms with van der Waals surface area (Å²) in [6, 6.07) is 5.71. The fraction of sp³-hybridized carbons (Fsp3) is 0.250. The first kappa shape index (κ1) is 11.4. The van der Waals surface area contributed by atoms with E-state index in [1.807, 2.05) is 17.5 Å². The van der Waals surface area contributed by atoms with E-state index in [-0.39, 0.29) is 5.78 Å². The maximum Gasteiger partial charge on any atom is 0.213 e. The van der Waals surface area contributed by atoms with Gasteiger partial charge in [-0.25, -0.2) is 0 Å². The summed E-state index contributed by atoms with van der Waals surface area (Å²) in [5.74, 6) is 0.846. The van der Waals surface area contributed by atoms with Crippen molar-refractivity contribution in [2.75, 3.05) is 7.11 Å². The Morgan fingerprint density at radius 3 is 2.75 bits per heavy atom. The third-order valence-electron chi connectivity index (χ3n) is 2.27. The van der Waals surface area contributed by atoms with E-state index in [1.165, 1.54) is 16.2 Å². The van der Waals surface area contributed by atoms with E-state index in [4.69, 9.17) is 4.74 Å². The first-order valence-electron chi connectivity index (χ1n) is 5.00. The second-order valence-electron chi connectivity index (χ2n) is 3.30. The third-order valence-corrected chi connectivity index (χ3v) is 4.40. The zero-order valence-electron chi connectivity index (χ0n) is 9.15. The fourth-order valence-electron chi connectivity index (χ4n) is 1.36. The predicted molar refractivity (Wildman–Crippen MR) is 68.0 cm³/mol. The molecule has 0 aliphatic carbocycles. The van der Waals surface area contributed by atoms with Crippen molar-refractivity contribution in [2.45, 2.75) is 13.3 Å². The van der Waals surface area contributed by atoms with Crippen LogP contribution in [0.2, 0.25) is 0 Å². The van der Waals surface area contributed by atoms with Gasteiger partial charge in [-0.3, -0.25) is 4.79 Å². The number of carbonyl (C=O) groups excluding carboxylic acids is 1. The maximum absolute atomic E-state index is 12.1. The topological polar surface area (TPSA) is 26.3 Å². The van der Waals surface area contributed by atoms with Crippen LogP contribution in [-0.4, -0.2) is 12.9 Å². The highest BCUT2D eigenvalue weighted by Crippen LogP contribution is 2.26. The summed E-state index contributed by atoms with van der Waals surface area (Å²) in [4.78, 5) is 14.9. The van der Waals surface area contributed by atoms with Crippen molar-refractivity contribution in [1.82, 2.24) is 0 Å². The molecular weight excluding hydrogens is 240 g/mol. The van der Waals surface area contributed by atoms with Crippen molar-refractivity contribution in [3.05, 3.63) is 38.2 Å². The van der Waals surface area contributed by atoms with Gasteiger partial charge in [0.15, 0.2) is 0 Å². The van der Waals surface area contributed by atoms with E-state index in [9.17, 15) is 4.79 Å². The molecule has 0 spiro atoms. The summed E-state index contributed by atoms with van der Waals surface area (Å²) in [5.41, 5.74) is 0. The van der Waals surface area contributed by atoms with E-state index < -0.39 is 0 Å². The number of aryl methyl sites for hydroxylation is 1. The van der Waals surface area contributed by atoms with Crippen molar-refractivity contribution in [3.63, 3.8) is 0 Å². The van der Waals surface area contributed by atoms with E-state index in [0.29, 0.717) is 0 Å². The normalized spacial score (nSPS) is 10.4. The number of thiophene rings is 2. The van der Waals surface area contributed by atoms with Crippen LogP contribution in [-0.2, 0) is 6.42 Å². The molecule has 0 amide bonds. The predicted octanol–water partition coefficient (Wildman–Crippen LogP) is 3.61. The summed E-state index contributed by atoms with van der Waals surface area (Å²) in [7, 11) is 1.61. The molecule has 2 nitrogen and oxygen atoms in total. The van der Waals surface area contributed by atoms with E-state index in [2.05, 4.69) is 6.92 Å². The Morgan fingerprint density at radius 2 is 2.19 bits per heavy atom. The Labute approximate surface area is 103 Å². The minimum atomic E-state index is 0.0954. The largest absolute Gasteiger partial charge is 0.496 e. The molecule has 2 aromatic rings.